The van der Waals surface area contributed by atoms with E-state index in [9.17, 15) is 0 Å². The Morgan fingerprint density at radius 3 is 1.29 bits per heavy atom. The highest BCUT2D eigenvalue weighted by Crippen LogP contribution is 2.53. The van der Waals surface area contributed by atoms with Crippen molar-refractivity contribution in [2.75, 3.05) is 9.80 Å². The maximum atomic E-state index is 2.47. The molecule has 0 atom stereocenters. The summed E-state index contributed by atoms with van der Waals surface area (Å²) in [5, 5.41) is 5.02. The first-order valence-corrected chi connectivity index (χ1v) is 19.5. The molecule has 1 aromatic heterocycles. The molecule has 1 heterocycles. The number of benzene rings is 9. The average molecular weight is 721 g/mol. The standard InChI is InChI=1S/C52H36N2S/c1-5-15-37(16-6-1)39-25-30-44(31-26-39)53(42-20-9-3-10-21-42)47-34-36-49-51(50-46-24-14-13-19-41(46)29-35-48(50)55-49)52(47)54(43-22-11-4-12-23-43)45-32-27-40(28-33-45)38-17-7-2-8-18-38/h1-36H. The van der Waals surface area contributed by atoms with E-state index < -0.39 is 0 Å². The van der Waals surface area contributed by atoms with E-state index >= 15 is 0 Å². The van der Waals surface area contributed by atoms with Crippen LogP contribution in [0.15, 0.2) is 218 Å². The molecule has 0 bridgehead atoms. The van der Waals surface area contributed by atoms with Gasteiger partial charge in [-0.2, -0.15) is 0 Å². The highest BCUT2D eigenvalue weighted by molar-refractivity contribution is 7.26. The van der Waals surface area contributed by atoms with E-state index in [1.807, 2.05) is 11.3 Å². The summed E-state index contributed by atoms with van der Waals surface area (Å²) < 4.78 is 2.53. The first-order chi connectivity index (χ1) is 27.3. The van der Waals surface area contributed by atoms with Crippen LogP contribution in [-0.4, -0.2) is 0 Å². The second-order valence-electron chi connectivity index (χ2n) is 13.7. The molecule has 0 unspecified atom stereocenters. The van der Waals surface area contributed by atoms with Crippen molar-refractivity contribution in [2.45, 2.75) is 0 Å². The van der Waals surface area contributed by atoms with Crippen LogP contribution in [0.25, 0.3) is 53.2 Å². The Morgan fingerprint density at radius 2 is 0.709 bits per heavy atom. The van der Waals surface area contributed by atoms with Gasteiger partial charge in [-0.25, -0.2) is 0 Å². The third kappa shape index (κ3) is 6.01. The number of nitrogens with zero attached hydrogens (tertiary/aromatic N) is 2. The van der Waals surface area contributed by atoms with Crippen molar-refractivity contribution in [3.8, 4) is 22.3 Å². The van der Waals surface area contributed by atoms with Crippen LogP contribution >= 0.6 is 11.3 Å². The fourth-order valence-electron chi connectivity index (χ4n) is 7.86. The van der Waals surface area contributed by atoms with Gasteiger partial charge in [0.15, 0.2) is 0 Å². The fraction of sp³-hybridized carbons (Fsp3) is 0. The van der Waals surface area contributed by atoms with Crippen molar-refractivity contribution in [1.82, 2.24) is 0 Å². The van der Waals surface area contributed by atoms with Gasteiger partial charge in [-0.05, 0) is 99.8 Å². The fourth-order valence-corrected chi connectivity index (χ4v) is 8.99. The second kappa shape index (κ2) is 14.1. The Bertz CT molecular complexity index is 2890. The van der Waals surface area contributed by atoms with Crippen LogP contribution in [0.2, 0.25) is 0 Å². The van der Waals surface area contributed by atoms with Crippen LogP contribution in [0, 0.1) is 0 Å². The molecule has 0 spiro atoms. The minimum absolute atomic E-state index is 1.09. The van der Waals surface area contributed by atoms with Gasteiger partial charge in [-0.1, -0.05) is 152 Å². The molecule has 0 aliphatic heterocycles. The molecule has 2 nitrogen and oxygen atoms in total. The van der Waals surface area contributed by atoms with Gasteiger partial charge in [0.2, 0.25) is 0 Å². The highest BCUT2D eigenvalue weighted by Gasteiger charge is 2.27. The molecule has 3 heteroatoms. The Labute approximate surface area is 325 Å². The molecule has 10 aromatic rings. The van der Waals surface area contributed by atoms with Gasteiger partial charge < -0.3 is 9.80 Å². The van der Waals surface area contributed by atoms with E-state index in [1.54, 1.807) is 0 Å². The van der Waals surface area contributed by atoms with E-state index in [-0.39, 0.29) is 0 Å². The molecule has 9 aromatic carbocycles. The lowest BCUT2D eigenvalue weighted by atomic mass is 9.99. The van der Waals surface area contributed by atoms with Crippen LogP contribution in [0.4, 0.5) is 34.1 Å². The van der Waals surface area contributed by atoms with Crippen LogP contribution in [0.3, 0.4) is 0 Å². The third-order valence-electron chi connectivity index (χ3n) is 10.4. The van der Waals surface area contributed by atoms with E-state index in [0.717, 1.165) is 34.1 Å². The summed E-state index contributed by atoms with van der Waals surface area (Å²) in [7, 11) is 0. The Morgan fingerprint density at radius 1 is 0.291 bits per heavy atom. The lowest BCUT2D eigenvalue weighted by Gasteiger charge is -2.34. The SMILES string of the molecule is c1ccc(-c2ccc(N(c3ccccc3)c3ccc4sc5ccc6ccccc6c5c4c3N(c3ccccc3)c3ccc(-c4ccccc4)cc3)cc2)cc1. The molecular formula is C52H36N2S. The molecule has 0 aliphatic carbocycles. The predicted molar refractivity (Wildman–Crippen MR) is 237 cm³/mol. The van der Waals surface area contributed by atoms with Crippen LogP contribution < -0.4 is 9.80 Å². The van der Waals surface area contributed by atoms with E-state index in [0.29, 0.717) is 0 Å². The molecule has 0 radical (unpaired) electrons. The number of hydrogen-bond acceptors (Lipinski definition) is 3. The van der Waals surface area contributed by atoms with Gasteiger partial charge >= 0.3 is 0 Å². The summed E-state index contributed by atoms with van der Waals surface area (Å²) in [6, 6.07) is 78.8. The first kappa shape index (κ1) is 32.7. The van der Waals surface area contributed by atoms with Gasteiger partial charge in [-0.15, -0.1) is 11.3 Å². The van der Waals surface area contributed by atoms with Gasteiger partial charge in [0.05, 0.1) is 11.4 Å². The largest absolute Gasteiger partial charge is 0.308 e. The van der Waals surface area contributed by atoms with Gasteiger partial charge in [0.1, 0.15) is 0 Å². The average Bonchev–Trinajstić information content (AvgIpc) is 3.66. The quantitative estimate of drug-likeness (QED) is 0.154. The van der Waals surface area contributed by atoms with Gasteiger partial charge in [-0.3, -0.25) is 0 Å². The summed E-state index contributed by atoms with van der Waals surface area (Å²) in [5.41, 5.74) is 11.4. The van der Waals surface area contributed by atoms with Crippen molar-refractivity contribution in [1.29, 1.82) is 0 Å². The normalized spacial score (nSPS) is 11.3. The molecule has 10 rings (SSSR count). The van der Waals surface area contributed by atoms with Crippen LogP contribution in [0.1, 0.15) is 0 Å². The maximum Gasteiger partial charge on any atom is 0.0796 e. The van der Waals surface area contributed by atoms with Crippen molar-refractivity contribution < 1.29 is 0 Å². The number of anilines is 6. The van der Waals surface area contributed by atoms with E-state index in [2.05, 4.69) is 228 Å². The number of thiophene rings is 1. The highest BCUT2D eigenvalue weighted by atomic mass is 32.1. The summed E-state index contributed by atoms with van der Waals surface area (Å²) in [6.45, 7) is 0. The van der Waals surface area contributed by atoms with Crippen molar-refractivity contribution in [3.63, 3.8) is 0 Å². The number of para-hydroxylation sites is 2. The molecule has 0 fully saturated rings. The number of fused-ring (bicyclic) bond motifs is 5. The van der Waals surface area contributed by atoms with Gasteiger partial charge in [0.25, 0.3) is 0 Å². The van der Waals surface area contributed by atoms with Crippen molar-refractivity contribution >= 4 is 76.4 Å². The molecule has 0 amide bonds. The Kier molecular flexibility index (Phi) is 8.40. The number of rotatable bonds is 8. The molecule has 0 aliphatic rings. The lowest BCUT2D eigenvalue weighted by Crippen LogP contribution is -2.17. The summed E-state index contributed by atoms with van der Waals surface area (Å²) >= 11 is 1.86. The summed E-state index contributed by atoms with van der Waals surface area (Å²) in [4.78, 5) is 4.89. The minimum Gasteiger partial charge on any atom is -0.308 e. The van der Waals surface area contributed by atoms with Crippen molar-refractivity contribution in [2.24, 2.45) is 0 Å². The van der Waals surface area contributed by atoms with Crippen molar-refractivity contribution in [3.05, 3.63) is 218 Å². The van der Waals surface area contributed by atoms with Gasteiger partial charge in [0, 0.05) is 42.9 Å². The Balaban J connectivity index is 1.29. The molecule has 0 N–H and O–H groups in total. The van der Waals surface area contributed by atoms with Crippen LogP contribution in [0.5, 0.6) is 0 Å². The van der Waals surface area contributed by atoms with E-state index in [1.165, 1.54) is 53.2 Å². The molecular weight excluding hydrogens is 685 g/mol. The second-order valence-corrected chi connectivity index (χ2v) is 14.8. The number of hydrogen-bond donors (Lipinski definition) is 0. The zero-order valence-corrected chi connectivity index (χ0v) is 30.9. The molecule has 0 saturated heterocycles. The summed E-state index contributed by atoms with van der Waals surface area (Å²) in [5.74, 6) is 0. The molecule has 260 valence electrons. The topological polar surface area (TPSA) is 6.48 Å². The zero-order valence-electron chi connectivity index (χ0n) is 30.1. The first-order valence-electron chi connectivity index (χ1n) is 18.7. The van der Waals surface area contributed by atoms with Crippen LogP contribution in [-0.2, 0) is 0 Å². The predicted octanol–water partition coefficient (Wildman–Crippen LogP) is 15.5. The lowest BCUT2D eigenvalue weighted by molar-refractivity contribution is 1.24. The minimum atomic E-state index is 1.09. The smallest absolute Gasteiger partial charge is 0.0796 e. The zero-order chi connectivity index (χ0) is 36.6. The van der Waals surface area contributed by atoms with E-state index in [4.69, 9.17) is 0 Å². The molecule has 0 saturated carbocycles. The molecule has 55 heavy (non-hydrogen) atoms. The third-order valence-corrected chi connectivity index (χ3v) is 11.6. The maximum absolute atomic E-state index is 2.47. The Hall–Kier alpha value is -6.94. The summed E-state index contributed by atoms with van der Waals surface area (Å²) in [6.07, 6.45) is 0. The monoisotopic (exact) mass is 720 g/mol.